The van der Waals surface area contributed by atoms with Crippen molar-refractivity contribution >= 4 is 17.1 Å². The van der Waals surface area contributed by atoms with Crippen LogP contribution in [0.25, 0.3) is 11.4 Å². The molecule has 0 aliphatic rings. The van der Waals surface area contributed by atoms with Crippen molar-refractivity contribution < 1.29 is 10.0 Å². The minimum atomic E-state index is -0.889. The van der Waals surface area contributed by atoms with Crippen LogP contribution in [0.15, 0.2) is 105 Å². The monoisotopic (exact) mass is 429 g/mol. The molecule has 0 spiro atoms. The van der Waals surface area contributed by atoms with E-state index in [1.807, 2.05) is 0 Å². The Morgan fingerprint density at radius 2 is 1.38 bits per heavy atom. The number of rotatable bonds is 5. The maximum absolute atomic E-state index is 13.2. The lowest BCUT2D eigenvalue weighted by molar-refractivity contribution is -0.384. The summed E-state index contributed by atoms with van der Waals surface area (Å²) in [7, 11) is 0. The number of nitro groups is 1. The number of para-hydroxylation sites is 2. The summed E-state index contributed by atoms with van der Waals surface area (Å²) in [4.78, 5) is 36.7. The maximum Gasteiger partial charge on any atom is 0.343 e. The Morgan fingerprint density at radius 3 is 1.97 bits per heavy atom. The number of hydrogen-bond donors (Lipinski definition) is 1. The second kappa shape index (κ2) is 8.48. The molecule has 10 heteroatoms. The molecule has 0 atom stereocenters. The minimum absolute atomic E-state index is 0.0988. The topological polar surface area (TPSA) is 132 Å². The summed E-state index contributed by atoms with van der Waals surface area (Å²) in [5.74, 6) is -0.701. The summed E-state index contributed by atoms with van der Waals surface area (Å²) >= 11 is 0. The van der Waals surface area contributed by atoms with Crippen LogP contribution in [0.2, 0.25) is 0 Å². The van der Waals surface area contributed by atoms with E-state index in [9.17, 15) is 24.8 Å². The highest BCUT2D eigenvalue weighted by Crippen LogP contribution is 2.27. The zero-order valence-corrected chi connectivity index (χ0v) is 16.4. The van der Waals surface area contributed by atoms with Gasteiger partial charge in [0.15, 0.2) is 0 Å². The van der Waals surface area contributed by atoms with E-state index in [1.165, 1.54) is 24.3 Å². The third-order valence-electron chi connectivity index (χ3n) is 4.55. The van der Waals surface area contributed by atoms with Gasteiger partial charge in [0.25, 0.3) is 11.2 Å². The van der Waals surface area contributed by atoms with E-state index in [0.717, 1.165) is 9.13 Å². The predicted octanol–water partition coefficient (Wildman–Crippen LogP) is 4.02. The van der Waals surface area contributed by atoms with Crippen molar-refractivity contribution in [3.8, 4) is 17.3 Å². The Bertz CT molecular complexity index is 1440. The van der Waals surface area contributed by atoms with Gasteiger partial charge in [-0.2, -0.15) is 0 Å². The van der Waals surface area contributed by atoms with Crippen LogP contribution in [-0.4, -0.2) is 19.2 Å². The van der Waals surface area contributed by atoms with E-state index in [2.05, 4.69) is 10.2 Å². The first-order valence-electron chi connectivity index (χ1n) is 9.35. The third-order valence-corrected chi connectivity index (χ3v) is 4.55. The van der Waals surface area contributed by atoms with Crippen LogP contribution in [0.3, 0.4) is 0 Å². The third kappa shape index (κ3) is 3.79. The van der Waals surface area contributed by atoms with Gasteiger partial charge in [-0.3, -0.25) is 14.9 Å². The first kappa shape index (κ1) is 20.4. The van der Waals surface area contributed by atoms with Gasteiger partial charge in [-0.25, -0.2) is 13.9 Å². The zero-order valence-electron chi connectivity index (χ0n) is 16.4. The molecule has 1 N–H and O–H groups in total. The van der Waals surface area contributed by atoms with Gasteiger partial charge in [-0.05, 0) is 30.3 Å². The highest BCUT2D eigenvalue weighted by molar-refractivity contribution is 5.52. The minimum Gasteiger partial charge on any atom is -0.492 e. The van der Waals surface area contributed by atoms with E-state index in [-0.39, 0.29) is 17.1 Å². The fourth-order valence-electron chi connectivity index (χ4n) is 3.06. The summed E-state index contributed by atoms with van der Waals surface area (Å²) in [5, 5.41) is 29.5. The van der Waals surface area contributed by atoms with Gasteiger partial charge in [0, 0.05) is 12.1 Å². The van der Waals surface area contributed by atoms with E-state index >= 15 is 0 Å². The van der Waals surface area contributed by atoms with Crippen molar-refractivity contribution in [3.05, 3.63) is 116 Å². The first-order chi connectivity index (χ1) is 15.5. The molecule has 0 unspecified atom stereocenters. The summed E-state index contributed by atoms with van der Waals surface area (Å²) in [6.07, 6.45) is 0. The van der Waals surface area contributed by atoms with E-state index < -0.39 is 27.7 Å². The molecule has 0 bridgehead atoms. The van der Waals surface area contributed by atoms with Crippen molar-refractivity contribution in [2.45, 2.75) is 0 Å². The molecular formula is C22H15N5O5. The Hall–Kier alpha value is -4.86. The molecule has 3 aromatic carbocycles. The predicted molar refractivity (Wildman–Crippen MR) is 117 cm³/mol. The maximum atomic E-state index is 13.2. The fourth-order valence-corrected chi connectivity index (χ4v) is 3.06. The van der Waals surface area contributed by atoms with E-state index in [1.54, 1.807) is 60.7 Å². The SMILES string of the molecule is O=c1c(N=Nc2cccc([N+](=O)[O-])c2)c(O)n(-c2ccccc2)c(=O)n1-c1ccccc1. The van der Waals surface area contributed by atoms with Crippen LogP contribution in [-0.2, 0) is 0 Å². The second-order valence-corrected chi connectivity index (χ2v) is 6.58. The van der Waals surface area contributed by atoms with Crippen molar-refractivity contribution in [1.29, 1.82) is 0 Å². The molecule has 0 radical (unpaired) electrons. The van der Waals surface area contributed by atoms with Crippen molar-refractivity contribution in [2.24, 2.45) is 10.2 Å². The number of nitro benzene ring substituents is 1. The second-order valence-electron chi connectivity index (χ2n) is 6.58. The van der Waals surface area contributed by atoms with Crippen LogP contribution < -0.4 is 11.2 Å². The Balaban J connectivity index is 1.97. The molecule has 1 heterocycles. The van der Waals surface area contributed by atoms with Crippen LogP contribution in [0.5, 0.6) is 5.88 Å². The number of non-ortho nitro benzene ring substituents is 1. The number of benzene rings is 3. The summed E-state index contributed by atoms with van der Waals surface area (Å²) in [6.45, 7) is 0. The molecule has 0 aliphatic heterocycles. The number of hydrogen-bond acceptors (Lipinski definition) is 7. The molecule has 158 valence electrons. The largest absolute Gasteiger partial charge is 0.492 e. The highest BCUT2D eigenvalue weighted by Gasteiger charge is 2.21. The normalized spacial score (nSPS) is 11.0. The molecule has 0 amide bonds. The lowest BCUT2D eigenvalue weighted by Crippen LogP contribution is -2.37. The number of nitrogens with zero attached hydrogens (tertiary/aromatic N) is 5. The zero-order chi connectivity index (χ0) is 22.7. The molecule has 0 saturated carbocycles. The highest BCUT2D eigenvalue weighted by atomic mass is 16.6. The van der Waals surface area contributed by atoms with E-state index in [4.69, 9.17) is 0 Å². The van der Waals surface area contributed by atoms with Gasteiger partial charge in [0.2, 0.25) is 11.6 Å². The van der Waals surface area contributed by atoms with E-state index in [0.29, 0.717) is 5.69 Å². The van der Waals surface area contributed by atoms with Crippen molar-refractivity contribution in [3.63, 3.8) is 0 Å². The molecule has 32 heavy (non-hydrogen) atoms. The molecular weight excluding hydrogens is 414 g/mol. The van der Waals surface area contributed by atoms with Crippen molar-refractivity contribution in [1.82, 2.24) is 9.13 Å². The summed E-state index contributed by atoms with van der Waals surface area (Å²) < 4.78 is 1.81. The molecule has 4 rings (SSSR count). The van der Waals surface area contributed by atoms with Crippen LogP contribution in [0, 0.1) is 10.1 Å². The Kier molecular flexibility index (Phi) is 5.41. The summed E-state index contributed by atoms with van der Waals surface area (Å²) in [6, 6.07) is 21.8. The average molecular weight is 429 g/mol. The molecule has 0 fully saturated rings. The first-order valence-corrected chi connectivity index (χ1v) is 9.35. The average Bonchev–Trinajstić information content (AvgIpc) is 2.80. The van der Waals surface area contributed by atoms with Crippen LogP contribution in [0.4, 0.5) is 17.1 Å². The smallest absolute Gasteiger partial charge is 0.343 e. The van der Waals surface area contributed by atoms with Crippen molar-refractivity contribution in [2.75, 3.05) is 0 Å². The number of aromatic hydroxyl groups is 1. The number of azo groups is 1. The molecule has 0 saturated heterocycles. The summed E-state index contributed by atoms with van der Waals surface area (Å²) in [5.41, 5.74) is -1.70. The molecule has 10 nitrogen and oxygen atoms in total. The standard InChI is InChI=1S/C22H15N5O5/c28-20-19(24-23-15-8-7-13-18(14-15)27(31)32)21(29)26(17-11-5-2-6-12-17)22(30)25(20)16-9-3-1-4-10-16/h1-14,28H. The lowest BCUT2D eigenvalue weighted by Gasteiger charge is -2.13. The lowest BCUT2D eigenvalue weighted by atomic mass is 10.3. The van der Waals surface area contributed by atoms with Gasteiger partial charge < -0.3 is 5.11 Å². The van der Waals surface area contributed by atoms with Gasteiger partial charge in [-0.15, -0.1) is 10.2 Å². The Morgan fingerprint density at radius 1 is 0.781 bits per heavy atom. The van der Waals surface area contributed by atoms with Crippen LogP contribution in [0.1, 0.15) is 0 Å². The fraction of sp³-hybridized carbons (Fsp3) is 0. The van der Waals surface area contributed by atoms with Gasteiger partial charge in [0.1, 0.15) is 0 Å². The van der Waals surface area contributed by atoms with Gasteiger partial charge in [-0.1, -0.05) is 42.5 Å². The van der Waals surface area contributed by atoms with Gasteiger partial charge >= 0.3 is 5.69 Å². The molecule has 0 aliphatic carbocycles. The quantitative estimate of drug-likeness (QED) is 0.291. The molecule has 1 aromatic heterocycles. The van der Waals surface area contributed by atoms with Crippen LogP contribution >= 0.6 is 0 Å². The number of aromatic nitrogens is 2. The molecule has 4 aromatic rings. The Labute approximate surface area is 180 Å². The van der Waals surface area contributed by atoms with Gasteiger partial charge in [0.05, 0.1) is 22.0 Å².